The van der Waals surface area contributed by atoms with E-state index in [1.807, 2.05) is 37.3 Å². The van der Waals surface area contributed by atoms with E-state index in [-0.39, 0.29) is 18.8 Å². The first-order valence-electron chi connectivity index (χ1n) is 12.8. The predicted octanol–water partition coefficient (Wildman–Crippen LogP) is -0.484. The number of ether oxygens (including phenoxy) is 3. The maximum absolute atomic E-state index is 12.6. The van der Waals surface area contributed by atoms with Crippen molar-refractivity contribution in [2.45, 2.75) is 74.5 Å². The van der Waals surface area contributed by atoms with Crippen LogP contribution in [0.2, 0.25) is 0 Å². The molecule has 2 bridgehead atoms. The van der Waals surface area contributed by atoms with Crippen molar-refractivity contribution in [2.75, 3.05) is 0 Å². The number of aromatic nitrogens is 4. The summed E-state index contributed by atoms with van der Waals surface area (Å²) in [6.07, 6.45) is -7.52. The monoisotopic (exact) mass is 576 g/mol. The van der Waals surface area contributed by atoms with Crippen molar-refractivity contribution >= 4 is 17.9 Å². The van der Waals surface area contributed by atoms with Gasteiger partial charge in [0.1, 0.15) is 18.3 Å². The fraction of sp³-hybridized carbons (Fsp3) is 0.538. The molecule has 0 spiro atoms. The maximum atomic E-state index is 12.6. The molecule has 0 aliphatic carbocycles. The molecule has 15 heteroatoms. The number of hydrogen-bond donors (Lipinski definition) is 5. The van der Waals surface area contributed by atoms with Gasteiger partial charge in [0, 0.05) is 19.3 Å². The molecule has 5 N–H and O–H groups in total. The number of fused-ring (bicyclic) bond motifs is 2. The van der Waals surface area contributed by atoms with Gasteiger partial charge in [-0.1, -0.05) is 43.8 Å². The lowest BCUT2D eigenvalue weighted by molar-refractivity contribution is -0.383. The molecular formula is C26H32N4O11. The van der Waals surface area contributed by atoms with Crippen molar-refractivity contribution in [1.29, 1.82) is 0 Å². The Morgan fingerprint density at radius 1 is 1.15 bits per heavy atom. The second kappa shape index (κ2) is 10.9. The topological polar surface area (TPSA) is 224 Å². The number of rotatable bonds is 11. The zero-order valence-electron chi connectivity index (χ0n) is 22.6. The molecule has 1 aromatic heterocycles. The summed E-state index contributed by atoms with van der Waals surface area (Å²) in [5, 5.41) is 64.6. The van der Waals surface area contributed by atoms with E-state index in [1.54, 1.807) is 0 Å². The van der Waals surface area contributed by atoms with Gasteiger partial charge in [0.15, 0.2) is 11.9 Å². The maximum Gasteiger partial charge on any atom is 0.342 e. The minimum Gasteiger partial charge on any atom is -0.479 e. The van der Waals surface area contributed by atoms with E-state index >= 15 is 0 Å². The molecule has 2 fully saturated rings. The molecule has 2 aromatic rings. The Morgan fingerprint density at radius 3 is 2.34 bits per heavy atom. The molecule has 2 aliphatic rings. The van der Waals surface area contributed by atoms with Crippen LogP contribution in [0.5, 0.6) is 0 Å². The fourth-order valence-electron chi connectivity index (χ4n) is 5.59. The smallest absolute Gasteiger partial charge is 0.342 e. The zero-order valence-corrected chi connectivity index (χ0v) is 22.6. The Bertz CT molecular complexity index is 1340. The van der Waals surface area contributed by atoms with Crippen molar-refractivity contribution in [3.05, 3.63) is 53.9 Å². The van der Waals surface area contributed by atoms with Crippen LogP contribution in [0.15, 0.2) is 42.5 Å². The number of hydrogen-bond acceptors (Lipinski definition) is 12. The SMILES string of the molecule is C=C(CCC12OC(c3nnn(C)n3)C(O)(C(=O)O)C(C(=O)O)(O1)C(O)C2O)C(OC(C)=O)C(C)Cc1ccccc1. The Balaban J connectivity index is 1.68. The van der Waals surface area contributed by atoms with Gasteiger partial charge in [0.05, 0.1) is 7.05 Å². The number of nitrogens with zero attached hydrogens (tertiary/aromatic N) is 4. The number of tetrazole rings is 1. The molecule has 15 nitrogen and oxygen atoms in total. The molecule has 0 amide bonds. The average Bonchev–Trinajstić information content (AvgIpc) is 3.43. The number of carbonyl (C=O) groups is 3. The number of carboxylic acids is 2. The van der Waals surface area contributed by atoms with Crippen LogP contribution in [0.25, 0.3) is 0 Å². The van der Waals surface area contributed by atoms with Crippen molar-refractivity contribution in [2.24, 2.45) is 13.0 Å². The number of aryl methyl sites for hydroxylation is 1. The molecule has 4 rings (SSSR count). The molecule has 0 radical (unpaired) electrons. The molecule has 0 saturated carbocycles. The summed E-state index contributed by atoms with van der Waals surface area (Å²) in [4.78, 5) is 37.8. The number of aliphatic carboxylic acids is 2. The highest BCUT2D eigenvalue weighted by atomic mass is 16.8. The van der Waals surface area contributed by atoms with Crippen molar-refractivity contribution in [3.8, 4) is 0 Å². The number of carbonyl (C=O) groups excluding carboxylic acids is 1. The normalized spacial score (nSPS) is 32.2. The largest absolute Gasteiger partial charge is 0.479 e. The van der Waals surface area contributed by atoms with Gasteiger partial charge in [0.25, 0.3) is 0 Å². The van der Waals surface area contributed by atoms with Gasteiger partial charge in [-0.05, 0) is 29.2 Å². The molecule has 8 atom stereocenters. The highest BCUT2D eigenvalue weighted by molar-refractivity contribution is 5.93. The van der Waals surface area contributed by atoms with Crippen LogP contribution < -0.4 is 0 Å². The molecule has 1 aromatic carbocycles. The number of benzene rings is 1. The first kappa shape index (κ1) is 30.2. The van der Waals surface area contributed by atoms with Crippen molar-refractivity contribution in [1.82, 2.24) is 20.2 Å². The lowest BCUT2D eigenvalue weighted by atomic mass is 9.74. The lowest BCUT2D eigenvalue weighted by Gasteiger charge is -2.49. The first-order valence-corrected chi connectivity index (χ1v) is 12.8. The molecule has 41 heavy (non-hydrogen) atoms. The summed E-state index contributed by atoms with van der Waals surface area (Å²) >= 11 is 0. The van der Waals surface area contributed by atoms with Crippen LogP contribution in [0.1, 0.15) is 44.2 Å². The van der Waals surface area contributed by atoms with Crippen molar-refractivity contribution in [3.63, 3.8) is 0 Å². The molecule has 222 valence electrons. The summed E-state index contributed by atoms with van der Waals surface area (Å²) in [6.45, 7) is 7.13. The van der Waals surface area contributed by atoms with Gasteiger partial charge in [-0.15, -0.1) is 10.2 Å². The number of aliphatic hydroxyl groups is 3. The summed E-state index contributed by atoms with van der Waals surface area (Å²) in [5.41, 5.74) is -5.45. The molecule has 2 saturated heterocycles. The molecule has 8 unspecified atom stereocenters. The Labute approximate surface area is 234 Å². The second-order valence-electron chi connectivity index (χ2n) is 10.4. The van der Waals surface area contributed by atoms with Crippen LogP contribution in [0, 0.1) is 5.92 Å². The van der Waals surface area contributed by atoms with E-state index in [9.17, 15) is 39.9 Å². The van der Waals surface area contributed by atoms with E-state index in [2.05, 4.69) is 22.0 Å². The first-order chi connectivity index (χ1) is 19.2. The Kier molecular flexibility index (Phi) is 8.03. The quantitative estimate of drug-likeness (QED) is 0.168. The highest BCUT2D eigenvalue weighted by Gasteiger charge is 2.84. The Morgan fingerprint density at radius 2 is 1.80 bits per heavy atom. The lowest BCUT2D eigenvalue weighted by Crippen LogP contribution is -2.74. The van der Waals surface area contributed by atoms with Crippen molar-refractivity contribution < 1.29 is 54.1 Å². The highest BCUT2D eigenvalue weighted by Crippen LogP contribution is 2.58. The average molecular weight is 577 g/mol. The molecular weight excluding hydrogens is 544 g/mol. The Hall–Kier alpha value is -3.76. The third-order valence-corrected chi connectivity index (χ3v) is 7.57. The van der Waals surface area contributed by atoms with E-state index in [0.717, 1.165) is 10.4 Å². The van der Waals surface area contributed by atoms with Crippen LogP contribution in [-0.2, 0) is 42.1 Å². The second-order valence-corrected chi connectivity index (χ2v) is 10.4. The van der Waals surface area contributed by atoms with Crippen LogP contribution >= 0.6 is 0 Å². The summed E-state index contributed by atoms with van der Waals surface area (Å²) < 4.78 is 16.9. The van der Waals surface area contributed by atoms with Crippen LogP contribution in [0.3, 0.4) is 0 Å². The van der Waals surface area contributed by atoms with E-state index < -0.39 is 65.1 Å². The van der Waals surface area contributed by atoms with Gasteiger partial charge in [-0.2, -0.15) is 4.80 Å². The van der Waals surface area contributed by atoms with E-state index in [0.29, 0.717) is 12.0 Å². The van der Waals surface area contributed by atoms with Crippen LogP contribution in [0.4, 0.5) is 0 Å². The fourth-order valence-corrected chi connectivity index (χ4v) is 5.59. The minimum absolute atomic E-state index is 0.0946. The van der Waals surface area contributed by atoms with Gasteiger partial charge in [-0.3, -0.25) is 4.79 Å². The molecule has 3 heterocycles. The zero-order chi connectivity index (χ0) is 30.3. The summed E-state index contributed by atoms with van der Waals surface area (Å²) in [6, 6.07) is 9.44. The number of aliphatic hydroxyl groups excluding tert-OH is 2. The third-order valence-electron chi connectivity index (χ3n) is 7.57. The third kappa shape index (κ3) is 4.89. The standard InChI is InChI=1S/C26H32N4O11/c1-13(17(39-15(3)31)14(2)12-16-8-6-5-7-9-16)10-11-24-18(32)19(33)26(41-24,23(36)37)25(38,22(34)35)20(40-24)21-27-29-30(4)28-21/h5-9,14,17-20,32-33,38H,1,10-12H2,2-4H3,(H,34,35)(H,36,37). The summed E-state index contributed by atoms with van der Waals surface area (Å²) in [5.74, 6) is -7.92. The van der Waals surface area contributed by atoms with Gasteiger partial charge in [-0.25, -0.2) is 9.59 Å². The predicted molar refractivity (Wildman–Crippen MR) is 135 cm³/mol. The number of esters is 1. The van der Waals surface area contributed by atoms with E-state index in [4.69, 9.17) is 14.2 Å². The minimum atomic E-state index is -3.50. The van der Waals surface area contributed by atoms with E-state index in [1.165, 1.54) is 14.0 Å². The van der Waals surface area contributed by atoms with Gasteiger partial charge >= 0.3 is 17.9 Å². The van der Waals surface area contributed by atoms with Gasteiger partial charge in [0.2, 0.25) is 17.0 Å². The number of carboxylic acid groups (broad SMARTS) is 2. The van der Waals surface area contributed by atoms with Gasteiger partial charge < -0.3 is 39.7 Å². The molecule has 2 aliphatic heterocycles. The summed E-state index contributed by atoms with van der Waals surface area (Å²) in [7, 11) is 1.34. The van der Waals surface area contributed by atoms with Crippen LogP contribution in [-0.4, -0.2) is 98.9 Å².